The van der Waals surface area contributed by atoms with Crippen molar-refractivity contribution in [3.05, 3.63) is 192 Å². The molecule has 2 nitrogen and oxygen atoms in total. The van der Waals surface area contributed by atoms with Crippen LogP contribution in [0.25, 0.3) is 64.4 Å². The van der Waals surface area contributed by atoms with Gasteiger partial charge in [0.05, 0.1) is 11.0 Å². The van der Waals surface area contributed by atoms with Gasteiger partial charge in [-0.15, -0.1) is 11.3 Å². The summed E-state index contributed by atoms with van der Waals surface area (Å²) in [6, 6.07) is 57.5. The quantitative estimate of drug-likeness (QED) is 0.156. The van der Waals surface area contributed by atoms with Crippen molar-refractivity contribution in [1.29, 1.82) is 0 Å². The number of benzene rings is 7. The van der Waals surface area contributed by atoms with E-state index in [2.05, 4.69) is 207 Å². The second kappa shape index (κ2) is 12.5. The van der Waals surface area contributed by atoms with E-state index in [1.54, 1.807) is 0 Å². The third kappa shape index (κ3) is 4.92. The zero-order valence-corrected chi connectivity index (χ0v) is 31.8. The molecule has 260 valence electrons. The van der Waals surface area contributed by atoms with E-state index < -0.39 is 0 Å². The van der Waals surface area contributed by atoms with Crippen LogP contribution in [0.2, 0.25) is 0 Å². The molecule has 0 amide bonds. The average Bonchev–Trinajstić information content (AvgIpc) is 3.83. The predicted molar refractivity (Wildman–Crippen MR) is 234 cm³/mol. The van der Waals surface area contributed by atoms with Crippen LogP contribution < -0.4 is 4.90 Å². The van der Waals surface area contributed by atoms with E-state index in [-0.39, 0.29) is 5.41 Å². The van der Waals surface area contributed by atoms with Crippen molar-refractivity contribution in [2.45, 2.75) is 33.1 Å². The Labute approximate surface area is 320 Å². The van der Waals surface area contributed by atoms with Crippen molar-refractivity contribution < 1.29 is 0 Å². The Morgan fingerprint density at radius 1 is 0.611 bits per heavy atom. The summed E-state index contributed by atoms with van der Waals surface area (Å²) in [7, 11) is 0. The first-order chi connectivity index (χ1) is 26.4. The molecule has 0 saturated carbocycles. The maximum atomic E-state index is 2.50. The van der Waals surface area contributed by atoms with Crippen molar-refractivity contribution in [1.82, 2.24) is 4.57 Å². The van der Waals surface area contributed by atoms with E-state index in [4.69, 9.17) is 0 Å². The van der Waals surface area contributed by atoms with E-state index in [0.717, 1.165) is 17.1 Å². The molecule has 3 heteroatoms. The fourth-order valence-corrected chi connectivity index (χ4v) is 10.3. The third-order valence-corrected chi connectivity index (χ3v) is 12.7. The maximum Gasteiger partial charge on any atom is 0.0634 e. The summed E-state index contributed by atoms with van der Waals surface area (Å²) >= 11 is 1.95. The lowest BCUT2D eigenvalue weighted by Crippen LogP contribution is -2.14. The van der Waals surface area contributed by atoms with Crippen LogP contribution in [0.15, 0.2) is 176 Å². The molecule has 7 aromatic carbocycles. The van der Waals surface area contributed by atoms with Crippen LogP contribution in [0.5, 0.6) is 0 Å². The molecule has 0 aliphatic heterocycles. The molecule has 2 aromatic heterocycles. The van der Waals surface area contributed by atoms with Crippen LogP contribution in [0.3, 0.4) is 0 Å². The molecule has 0 radical (unpaired) electrons. The lowest BCUT2D eigenvalue weighted by molar-refractivity contribution is 0.667. The standard InChI is InChI=1S/C51H40N2S/c1-33(24-25-34(2)52(36-16-8-5-9-17-36)37-18-10-6-11-19-37)35-26-30-45-43(32-35)41-29-31-46-47(49(41)53(45)38-20-12-7-13-21-38)42-28-27-40-39-22-14-15-23-44(39)51(3,4)48(40)50(42)54-46/h5-32H,1-4H3/b33-24+,34-25+. The normalized spacial score (nSPS) is 13.9. The number of aromatic nitrogens is 1. The van der Waals surface area contributed by atoms with Gasteiger partial charge >= 0.3 is 0 Å². The summed E-state index contributed by atoms with van der Waals surface area (Å²) in [5, 5.41) is 5.24. The molecule has 1 aliphatic rings. The fourth-order valence-electron chi connectivity index (χ4n) is 8.89. The number of anilines is 2. The van der Waals surface area contributed by atoms with Gasteiger partial charge in [0.25, 0.3) is 0 Å². The third-order valence-electron chi connectivity index (χ3n) is 11.5. The van der Waals surface area contributed by atoms with Gasteiger partial charge < -0.3 is 9.47 Å². The maximum absolute atomic E-state index is 2.50. The highest BCUT2D eigenvalue weighted by molar-refractivity contribution is 7.26. The minimum Gasteiger partial charge on any atom is -0.315 e. The van der Waals surface area contributed by atoms with E-state index in [1.165, 1.54) is 81.1 Å². The molecular weight excluding hydrogens is 673 g/mol. The van der Waals surface area contributed by atoms with Crippen LogP contribution in [0, 0.1) is 0 Å². The molecule has 9 aromatic rings. The molecule has 0 fully saturated rings. The Morgan fingerprint density at radius 3 is 1.98 bits per heavy atom. The molecule has 10 rings (SSSR count). The molecule has 0 atom stereocenters. The van der Waals surface area contributed by atoms with Crippen LogP contribution in [-0.2, 0) is 5.41 Å². The molecule has 0 bridgehead atoms. The molecule has 1 aliphatic carbocycles. The summed E-state index contributed by atoms with van der Waals surface area (Å²) in [6.45, 7) is 9.20. The van der Waals surface area contributed by atoms with Gasteiger partial charge in [-0.25, -0.2) is 0 Å². The van der Waals surface area contributed by atoms with Gasteiger partial charge in [0.1, 0.15) is 0 Å². The summed E-state index contributed by atoms with van der Waals surface area (Å²) in [6.07, 6.45) is 4.50. The van der Waals surface area contributed by atoms with Crippen LogP contribution in [0.1, 0.15) is 44.4 Å². The van der Waals surface area contributed by atoms with Gasteiger partial charge in [-0.1, -0.05) is 123 Å². The minimum absolute atomic E-state index is 0.0671. The summed E-state index contributed by atoms with van der Waals surface area (Å²) in [5.74, 6) is 0. The Balaban J connectivity index is 1.16. The zero-order valence-electron chi connectivity index (χ0n) is 31.0. The lowest BCUT2D eigenvalue weighted by Gasteiger charge is -2.25. The van der Waals surface area contributed by atoms with E-state index in [0.29, 0.717) is 0 Å². The Bertz CT molecular complexity index is 2920. The van der Waals surface area contributed by atoms with Crippen LogP contribution in [0.4, 0.5) is 11.4 Å². The monoisotopic (exact) mass is 712 g/mol. The SMILES string of the molecule is C/C(=C\C=C(/C)N(c1ccccc1)c1ccccc1)c1ccc2c(c1)c1ccc3sc4c5c(ccc4c3c1n2-c1ccccc1)-c1ccccc1C5(C)C. The Morgan fingerprint density at radius 2 is 1.26 bits per heavy atom. The Kier molecular flexibility index (Phi) is 7.50. The fraction of sp³-hybridized carbons (Fsp3) is 0.0980. The second-order valence-electron chi connectivity index (χ2n) is 15.0. The zero-order chi connectivity index (χ0) is 36.6. The van der Waals surface area contributed by atoms with Gasteiger partial charge in [-0.3, -0.25) is 0 Å². The second-order valence-corrected chi connectivity index (χ2v) is 16.1. The van der Waals surface area contributed by atoms with E-state index in [1.807, 2.05) is 11.3 Å². The lowest BCUT2D eigenvalue weighted by atomic mass is 9.82. The van der Waals surface area contributed by atoms with Gasteiger partial charge in [0, 0.05) is 59.1 Å². The number of para-hydroxylation sites is 3. The van der Waals surface area contributed by atoms with E-state index >= 15 is 0 Å². The number of thiophene rings is 1. The Hall–Kier alpha value is -6.16. The summed E-state index contributed by atoms with van der Waals surface area (Å²) in [4.78, 5) is 2.31. The number of nitrogens with zero attached hydrogens (tertiary/aromatic N) is 2. The highest BCUT2D eigenvalue weighted by Crippen LogP contribution is 2.54. The molecular formula is C51H40N2S. The number of rotatable bonds is 6. The largest absolute Gasteiger partial charge is 0.315 e. The number of fused-ring (bicyclic) bond motifs is 11. The molecule has 54 heavy (non-hydrogen) atoms. The van der Waals surface area contributed by atoms with Crippen molar-refractivity contribution in [3.63, 3.8) is 0 Å². The van der Waals surface area contributed by atoms with Crippen molar-refractivity contribution in [3.8, 4) is 16.8 Å². The highest BCUT2D eigenvalue weighted by Gasteiger charge is 2.37. The molecule has 2 heterocycles. The molecule has 0 spiro atoms. The first-order valence-electron chi connectivity index (χ1n) is 18.8. The highest BCUT2D eigenvalue weighted by atomic mass is 32.1. The van der Waals surface area contributed by atoms with Crippen LogP contribution >= 0.6 is 11.3 Å². The molecule has 0 saturated heterocycles. The number of allylic oxidation sites excluding steroid dienone is 4. The predicted octanol–water partition coefficient (Wildman–Crippen LogP) is 14.6. The summed E-state index contributed by atoms with van der Waals surface area (Å²) < 4.78 is 5.23. The summed E-state index contributed by atoms with van der Waals surface area (Å²) in [5.41, 5.74) is 15.1. The van der Waals surface area contributed by atoms with Gasteiger partial charge in [0.2, 0.25) is 0 Å². The van der Waals surface area contributed by atoms with Crippen LogP contribution in [-0.4, -0.2) is 4.57 Å². The van der Waals surface area contributed by atoms with Crippen molar-refractivity contribution >= 4 is 70.3 Å². The first kappa shape index (κ1) is 32.5. The molecule has 0 N–H and O–H groups in total. The average molecular weight is 713 g/mol. The molecule has 0 unspecified atom stereocenters. The topological polar surface area (TPSA) is 8.17 Å². The van der Waals surface area contributed by atoms with Gasteiger partial charge in [-0.05, 0) is 108 Å². The van der Waals surface area contributed by atoms with Crippen molar-refractivity contribution in [2.24, 2.45) is 0 Å². The number of hydrogen-bond acceptors (Lipinski definition) is 2. The van der Waals surface area contributed by atoms with Gasteiger partial charge in [-0.2, -0.15) is 0 Å². The smallest absolute Gasteiger partial charge is 0.0634 e. The van der Waals surface area contributed by atoms with Gasteiger partial charge in [0.15, 0.2) is 0 Å². The number of hydrogen-bond donors (Lipinski definition) is 0. The first-order valence-corrected chi connectivity index (χ1v) is 19.6. The van der Waals surface area contributed by atoms with E-state index in [9.17, 15) is 0 Å². The minimum atomic E-state index is -0.0671. The van der Waals surface area contributed by atoms with Crippen molar-refractivity contribution in [2.75, 3.05) is 4.90 Å².